The number of hydrogen-bond donors (Lipinski definition) is 0. The van der Waals surface area contributed by atoms with Crippen molar-refractivity contribution in [1.82, 2.24) is 4.98 Å². The number of rotatable bonds is 2. The molecule has 1 aromatic carbocycles. The zero-order valence-corrected chi connectivity index (χ0v) is 10.1. The van der Waals surface area contributed by atoms with E-state index in [1.54, 1.807) is 0 Å². The summed E-state index contributed by atoms with van der Waals surface area (Å²) in [6.45, 7) is 3.93. The summed E-state index contributed by atoms with van der Waals surface area (Å²) in [4.78, 5) is 4.42. The first kappa shape index (κ1) is 11.3. The van der Waals surface area contributed by atoms with Crippen molar-refractivity contribution in [3.05, 3.63) is 40.3 Å². The first-order valence-corrected chi connectivity index (χ1v) is 5.75. The Morgan fingerprint density at radius 2 is 2.06 bits per heavy atom. The fraction of sp³-hybridized carbons (Fsp3) is 0.308. The molecular weight excluding hydrogens is 225 g/mol. The smallest absolute Gasteiger partial charge is 0.125 e. The van der Waals surface area contributed by atoms with Gasteiger partial charge in [-0.3, -0.25) is 4.98 Å². The number of aromatic nitrogens is 1. The minimum absolute atomic E-state index is 0.262. The van der Waals surface area contributed by atoms with Gasteiger partial charge in [0.15, 0.2) is 0 Å². The minimum atomic E-state index is -0.262. The molecule has 0 saturated carbocycles. The van der Waals surface area contributed by atoms with Gasteiger partial charge in [0.2, 0.25) is 0 Å². The lowest BCUT2D eigenvalue weighted by Gasteiger charge is -2.07. The van der Waals surface area contributed by atoms with Crippen LogP contribution in [0.5, 0.6) is 0 Å². The van der Waals surface area contributed by atoms with Crippen LogP contribution < -0.4 is 0 Å². The molecule has 1 heterocycles. The second-order valence-corrected chi connectivity index (χ2v) is 4.37. The Labute approximate surface area is 99.3 Å². The van der Waals surface area contributed by atoms with Crippen molar-refractivity contribution in [3.63, 3.8) is 0 Å². The number of benzene rings is 1. The highest BCUT2D eigenvalue weighted by Crippen LogP contribution is 2.27. The van der Waals surface area contributed by atoms with Gasteiger partial charge in [-0.25, -0.2) is 4.39 Å². The van der Waals surface area contributed by atoms with Gasteiger partial charge in [0.05, 0.1) is 10.5 Å². The van der Waals surface area contributed by atoms with Gasteiger partial charge in [0, 0.05) is 17.1 Å². The van der Waals surface area contributed by atoms with E-state index in [0.717, 1.165) is 29.5 Å². The average Bonchev–Trinajstić information content (AvgIpc) is 2.15. The van der Waals surface area contributed by atoms with Crippen LogP contribution >= 0.6 is 11.6 Å². The van der Waals surface area contributed by atoms with Crippen molar-refractivity contribution in [2.45, 2.75) is 26.7 Å². The van der Waals surface area contributed by atoms with Crippen molar-refractivity contribution in [3.8, 4) is 0 Å². The van der Waals surface area contributed by atoms with E-state index in [9.17, 15) is 4.39 Å². The molecule has 0 aliphatic rings. The van der Waals surface area contributed by atoms with E-state index in [4.69, 9.17) is 11.6 Å². The fourth-order valence-electron chi connectivity index (χ4n) is 1.91. The van der Waals surface area contributed by atoms with Crippen LogP contribution in [0.4, 0.5) is 4.39 Å². The lowest BCUT2D eigenvalue weighted by atomic mass is 10.1. The van der Waals surface area contributed by atoms with Crippen LogP contribution in [0.1, 0.15) is 24.6 Å². The van der Waals surface area contributed by atoms with E-state index in [2.05, 4.69) is 11.9 Å². The second kappa shape index (κ2) is 4.38. The highest BCUT2D eigenvalue weighted by Gasteiger charge is 2.08. The Kier molecular flexibility index (Phi) is 3.10. The largest absolute Gasteiger partial charge is 0.253 e. The van der Waals surface area contributed by atoms with Crippen LogP contribution in [-0.4, -0.2) is 4.98 Å². The van der Waals surface area contributed by atoms with Gasteiger partial charge in [0.1, 0.15) is 5.82 Å². The molecule has 2 rings (SSSR count). The SMILES string of the molecule is CCCc1cc(Cl)c2c(C)cc(F)cc2n1. The Bertz CT molecular complexity index is 537. The second-order valence-electron chi connectivity index (χ2n) is 3.96. The zero-order valence-electron chi connectivity index (χ0n) is 9.35. The Morgan fingerprint density at radius 1 is 1.31 bits per heavy atom. The number of hydrogen-bond acceptors (Lipinski definition) is 1. The highest BCUT2D eigenvalue weighted by atomic mass is 35.5. The molecule has 0 spiro atoms. The summed E-state index contributed by atoms with van der Waals surface area (Å²) in [6, 6.07) is 4.79. The van der Waals surface area contributed by atoms with Crippen LogP contribution in [0.2, 0.25) is 5.02 Å². The maximum Gasteiger partial charge on any atom is 0.125 e. The monoisotopic (exact) mass is 237 g/mol. The zero-order chi connectivity index (χ0) is 11.7. The molecule has 0 aliphatic heterocycles. The number of pyridine rings is 1. The fourth-order valence-corrected chi connectivity index (χ4v) is 2.29. The van der Waals surface area contributed by atoms with Gasteiger partial charge in [-0.1, -0.05) is 24.9 Å². The molecule has 0 fully saturated rings. The molecule has 0 unspecified atom stereocenters. The first-order valence-electron chi connectivity index (χ1n) is 5.37. The summed E-state index contributed by atoms with van der Waals surface area (Å²) in [5, 5.41) is 1.51. The number of halogens is 2. The molecule has 84 valence electrons. The van der Waals surface area contributed by atoms with Crippen LogP contribution in [0, 0.1) is 12.7 Å². The van der Waals surface area contributed by atoms with Crippen LogP contribution in [0.15, 0.2) is 18.2 Å². The van der Waals surface area contributed by atoms with Crippen molar-refractivity contribution >= 4 is 22.5 Å². The van der Waals surface area contributed by atoms with Crippen LogP contribution in [0.3, 0.4) is 0 Å². The van der Waals surface area contributed by atoms with Gasteiger partial charge in [-0.15, -0.1) is 0 Å². The minimum Gasteiger partial charge on any atom is -0.253 e. The summed E-state index contributed by atoms with van der Waals surface area (Å²) < 4.78 is 13.3. The van der Waals surface area contributed by atoms with E-state index in [1.165, 1.54) is 12.1 Å². The molecule has 0 bridgehead atoms. The molecule has 16 heavy (non-hydrogen) atoms. The third kappa shape index (κ3) is 2.03. The van der Waals surface area contributed by atoms with Crippen molar-refractivity contribution in [1.29, 1.82) is 0 Å². The Hall–Kier alpha value is -1.15. The molecule has 0 N–H and O–H groups in total. The van der Waals surface area contributed by atoms with Crippen molar-refractivity contribution < 1.29 is 4.39 Å². The van der Waals surface area contributed by atoms with Gasteiger partial charge in [0.25, 0.3) is 0 Å². The first-order chi connectivity index (χ1) is 7.61. The van der Waals surface area contributed by atoms with Crippen LogP contribution in [0.25, 0.3) is 10.9 Å². The van der Waals surface area contributed by atoms with E-state index >= 15 is 0 Å². The Balaban J connectivity index is 2.71. The maximum absolute atomic E-state index is 13.3. The third-order valence-corrected chi connectivity index (χ3v) is 2.88. The summed E-state index contributed by atoms with van der Waals surface area (Å²) in [7, 11) is 0. The lowest BCUT2D eigenvalue weighted by molar-refractivity contribution is 0.628. The quantitative estimate of drug-likeness (QED) is 0.759. The molecule has 0 amide bonds. The topological polar surface area (TPSA) is 12.9 Å². The number of aryl methyl sites for hydroxylation is 2. The molecule has 0 aliphatic carbocycles. The molecule has 3 heteroatoms. The molecule has 2 aromatic rings. The number of fused-ring (bicyclic) bond motifs is 1. The molecular formula is C13H13ClFN. The van der Waals surface area contributed by atoms with Crippen LogP contribution in [-0.2, 0) is 6.42 Å². The normalized spacial score (nSPS) is 11.0. The Morgan fingerprint density at radius 3 is 2.75 bits per heavy atom. The van der Waals surface area contributed by atoms with E-state index in [0.29, 0.717) is 10.5 Å². The average molecular weight is 238 g/mol. The molecule has 1 aromatic heterocycles. The van der Waals surface area contributed by atoms with Crippen molar-refractivity contribution in [2.75, 3.05) is 0 Å². The van der Waals surface area contributed by atoms with Gasteiger partial charge in [-0.05, 0) is 31.0 Å². The third-order valence-electron chi connectivity index (χ3n) is 2.58. The van der Waals surface area contributed by atoms with Crippen molar-refractivity contribution in [2.24, 2.45) is 0 Å². The highest BCUT2D eigenvalue weighted by molar-refractivity contribution is 6.35. The van der Waals surface area contributed by atoms with E-state index < -0.39 is 0 Å². The maximum atomic E-state index is 13.3. The van der Waals surface area contributed by atoms with Gasteiger partial charge in [-0.2, -0.15) is 0 Å². The van der Waals surface area contributed by atoms with Gasteiger partial charge < -0.3 is 0 Å². The summed E-state index contributed by atoms with van der Waals surface area (Å²) in [6.07, 6.45) is 1.87. The van der Waals surface area contributed by atoms with E-state index in [-0.39, 0.29) is 5.82 Å². The predicted molar refractivity (Wildman–Crippen MR) is 65.4 cm³/mol. The van der Waals surface area contributed by atoms with E-state index in [1.807, 2.05) is 13.0 Å². The summed E-state index contributed by atoms with van der Waals surface area (Å²) >= 11 is 6.19. The predicted octanol–water partition coefficient (Wildman–Crippen LogP) is 4.29. The number of nitrogens with zero attached hydrogens (tertiary/aromatic N) is 1. The lowest BCUT2D eigenvalue weighted by Crippen LogP contribution is -1.93. The molecule has 0 saturated heterocycles. The van der Waals surface area contributed by atoms with Gasteiger partial charge >= 0.3 is 0 Å². The molecule has 0 radical (unpaired) electrons. The summed E-state index contributed by atoms with van der Waals surface area (Å²) in [5.41, 5.74) is 2.40. The molecule has 0 atom stereocenters. The standard InChI is InChI=1S/C13H13ClFN/c1-3-4-10-7-11(14)13-8(2)5-9(15)6-12(13)16-10/h5-7H,3-4H2,1-2H3. The summed E-state index contributed by atoms with van der Waals surface area (Å²) in [5.74, 6) is -0.262. The molecule has 1 nitrogen and oxygen atoms in total.